The van der Waals surface area contributed by atoms with Crippen molar-refractivity contribution in [1.82, 2.24) is 5.32 Å². The van der Waals surface area contributed by atoms with Crippen LogP contribution < -0.4 is 5.32 Å². The van der Waals surface area contributed by atoms with Gasteiger partial charge in [0, 0.05) is 37.3 Å². The summed E-state index contributed by atoms with van der Waals surface area (Å²) in [7, 11) is 0. The average molecular weight is 269 g/mol. The van der Waals surface area contributed by atoms with E-state index in [1.807, 2.05) is 0 Å². The van der Waals surface area contributed by atoms with Gasteiger partial charge in [0.2, 0.25) is 0 Å². The topological polar surface area (TPSA) is 30.5 Å². The van der Waals surface area contributed by atoms with Gasteiger partial charge in [0.15, 0.2) is 0 Å². The van der Waals surface area contributed by atoms with Gasteiger partial charge in [-0.15, -0.1) is 0 Å². The monoisotopic (exact) mass is 269 g/mol. The van der Waals surface area contributed by atoms with Crippen molar-refractivity contribution in [3.8, 4) is 0 Å². The molecule has 2 rings (SSSR count). The van der Waals surface area contributed by atoms with Gasteiger partial charge >= 0.3 is 0 Å². The van der Waals surface area contributed by atoms with E-state index in [-0.39, 0.29) is 5.54 Å². The number of nitrogens with one attached hydrogen (secondary N) is 1. The molecule has 0 aromatic rings. The molecule has 19 heavy (non-hydrogen) atoms. The van der Waals surface area contributed by atoms with Crippen LogP contribution in [0.25, 0.3) is 0 Å². The normalized spacial score (nSPS) is 33.8. The summed E-state index contributed by atoms with van der Waals surface area (Å²) in [5.74, 6) is 0.819. The van der Waals surface area contributed by atoms with Gasteiger partial charge in [0.05, 0.1) is 6.10 Å². The highest BCUT2D eigenvalue weighted by Crippen LogP contribution is 2.42. The standard InChI is InChI=1S/C16H31NO2/c1-13-16(7-10-19-13,12-17-15(2,3)4)11-14-5-8-18-9-6-14/h13-14,17H,5-12H2,1-4H3. The van der Waals surface area contributed by atoms with E-state index < -0.39 is 0 Å². The Morgan fingerprint density at radius 3 is 2.37 bits per heavy atom. The van der Waals surface area contributed by atoms with E-state index >= 15 is 0 Å². The third kappa shape index (κ3) is 4.17. The minimum atomic E-state index is 0.186. The molecule has 0 saturated carbocycles. The Morgan fingerprint density at radius 2 is 1.84 bits per heavy atom. The van der Waals surface area contributed by atoms with Crippen LogP contribution in [0.3, 0.4) is 0 Å². The van der Waals surface area contributed by atoms with Crippen molar-refractivity contribution in [2.24, 2.45) is 11.3 Å². The van der Waals surface area contributed by atoms with E-state index in [1.165, 1.54) is 25.7 Å². The minimum Gasteiger partial charge on any atom is -0.381 e. The van der Waals surface area contributed by atoms with Crippen LogP contribution in [0.4, 0.5) is 0 Å². The highest BCUT2D eigenvalue weighted by atomic mass is 16.5. The fourth-order valence-electron chi connectivity index (χ4n) is 3.36. The van der Waals surface area contributed by atoms with Crippen molar-refractivity contribution < 1.29 is 9.47 Å². The van der Waals surface area contributed by atoms with Gasteiger partial charge in [0.1, 0.15) is 0 Å². The second-order valence-corrected chi connectivity index (χ2v) is 7.49. The van der Waals surface area contributed by atoms with Crippen molar-refractivity contribution in [2.45, 2.75) is 65.0 Å². The Balaban J connectivity index is 1.98. The first-order valence-corrected chi connectivity index (χ1v) is 7.86. The summed E-state index contributed by atoms with van der Waals surface area (Å²) >= 11 is 0. The second-order valence-electron chi connectivity index (χ2n) is 7.49. The van der Waals surface area contributed by atoms with Crippen LogP contribution in [0.5, 0.6) is 0 Å². The van der Waals surface area contributed by atoms with Crippen LogP contribution in [0.2, 0.25) is 0 Å². The fraction of sp³-hybridized carbons (Fsp3) is 1.00. The molecule has 0 aromatic heterocycles. The first-order chi connectivity index (χ1) is 8.91. The molecular weight excluding hydrogens is 238 g/mol. The number of ether oxygens (including phenoxy) is 2. The Kier molecular flexibility index (Phi) is 4.91. The first-order valence-electron chi connectivity index (χ1n) is 7.86. The average Bonchev–Trinajstić information content (AvgIpc) is 2.69. The highest BCUT2D eigenvalue weighted by molar-refractivity contribution is 4.94. The van der Waals surface area contributed by atoms with Crippen molar-refractivity contribution in [2.75, 3.05) is 26.4 Å². The SMILES string of the molecule is CC1OCCC1(CNC(C)(C)C)CC1CCOCC1. The van der Waals surface area contributed by atoms with Crippen LogP contribution in [0, 0.1) is 11.3 Å². The van der Waals surface area contributed by atoms with E-state index in [4.69, 9.17) is 9.47 Å². The van der Waals surface area contributed by atoms with Gasteiger partial charge in [0.25, 0.3) is 0 Å². The molecule has 2 aliphatic heterocycles. The van der Waals surface area contributed by atoms with Crippen LogP contribution in [0.1, 0.15) is 53.4 Å². The molecule has 0 bridgehead atoms. The van der Waals surface area contributed by atoms with Gasteiger partial charge in [-0.05, 0) is 59.3 Å². The largest absolute Gasteiger partial charge is 0.381 e. The zero-order chi connectivity index (χ0) is 13.9. The molecule has 0 radical (unpaired) electrons. The quantitative estimate of drug-likeness (QED) is 0.851. The maximum atomic E-state index is 5.90. The van der Waals surface area contributed by atoms with Crippen LogP contribution in [-0.4, -0.2) is 38.0 Å². The molecule has 0 aliphatic carbocycles. The molecule has 112 valence electrons. The van der Waals surface area contributed by atoms with Gasteiger partial charge in [-0.2, -0.15) is 0 Å². The summed E-state index contributed by atoms with van der Waals surface area (Å²) in [6, 6.07) is 0. The molecule has 0 amide bonds. The lowest BCUT2D eigenvalue weighted by atomic mass is 9.72. The maximum absolute atomic E-state index is 5.90. The predicted octanol–water partition coefficient (Wildman–Crippen LogP) is 2.99. The lowest BCUT2D eigenvalue weighted by Crippen LogP contribution is -2.47. The molecular formula is C16H31NO2. The molecule has 3 nitrogen and oxygen atoms in total. The lowest BCUT2D eigenvalue weighted by Gasteiger charge is -2.39. The molecule has 2 fully saturated rings. The third-order valence-corrected chi connectivity index (χ3v) is 4.84. The Bertz CT molecular complexity index is 281. The molecule has 1 N–H and O–H groups in total. The smallest absolute Gasteiger partial charge is 0.0616 e. The summed E-state index contributed by atoms with van der Waals surface area (Å²) in [5.41, 5.74) is 0.514. The minimum absolute atomic E-state index is 0.186. The van der Waals surface area contributed by atoms with Crippen molar-refractivity contribution in [1.29, 1.82) is 0 Å². The van der Waals surface area contributed by atoms with Gasteiger partial charge in [-0.25, -0.2) is 0 Å². The number of rotatable bonds is 4. The Hall–Kier alpha value is -0.120. The summed E-state index contributed by atoms with van der Waals surface area (Å²) in [4.78, 5) is 0. The van der Waals surface area contributed by atoms with Gasteiger partial charge in [-0.1, -0.05) is 0 Å². The van der Waals surface area contributed by atoms with Crippen LogP contribution >= 0.6 is 0 Å². The van der Waals surface area contributed by atoms with E-state index in [0.29, 0.717) is 11.5 Å². The summed E-state index contributed by atoms with van der Waals surface area (Å²) in [5, 5.41) is 3.71. The molecule has 2 saturated heterocycles. The lowest BCUT2D eigenvalue weighted by molar-refractivity contribution is 0.0156. The van der Waals surface area contributed by atoms with E-state index in [0.717, 1.165) is 32.3 Å². The number of hydrogen-bond donors (Lipinski definition) is 1. The zero-order valence-corrected chi connectivity index (χ0v) is 13.1. The predicted molar refractivity (Wildman–Crippen MR) is 78.4 cm³/mol. The van der Waals surface area contributed by atoms with Crippen molar-refractivity contribution in [3.05, 3.63) is 0 Å². The van der Waals surface area contributed by atoms with E-state index in [9.17, 15) is 0 Å². The van der Waals surface area contributed by atoms with E-state index in [2.05, 4.69) is 33.0 Å². The molecule has 3 heteroatoms. The summed E-state index contributed by atoms with van der Waals surface area (Å²) in [6.45, 7) is 12.9. The van der Waals surface area contributed by atoms with Gasteiger partial charge in [-0.3, -0.25) is 0 Å². The summed E-state index contributed by atoms with van der Waals surface area (Å²) < 4.78 is 11.4. The van der Waals surface area contributed by atoms with Crippen LogP contribution in [-0.2, 0) is 9.47 Å². The van der Waals surface area contributed by atoms with Crippen molar-refractivity contribution >= 4 is 0 Å². The Morgan fingerprint density at radius 1 is 1.16 bits per heavy atom. The molecule has 2 aliphatic rings. The maximum Gasteiger partial charge on any atom is 0.0616 e. The molecule has 2 heterocycles. The summed E-state index contributed by atoms with van der Waals surface area (Å²) in [6.07, 6.45) is 5.33. The van der Waals surface area contributed by atoms with Crippen molar-refractivity contribution in [3.63, 3.8) is 0 Å². The second kappa shape index (κ2) is 6.11. The fourth-order valence-corrected chi connectivity index (χ4v) is 3.36. The zero-order valence-electron chi connectivity index (χ0n) is 13.1. The Labute approximate surface area is 118 Å². The third-order valence-electron chi connectivity index (χ3n) is 4.84. The number of hydrogen-bond acceptors (Lipinski definition) is 3. The first kappa shape index (κ1) is 15.3. The van der Waals surface area contributed by atoms with Gasteiger partial charge < -0.3 is 14.8 Å². The molecule has 2 unspecified atom stereocenters. The molecule has 0 aromatic carbocycles. The molecule has 2 atom stereocenters. The van der Waals surface area contributed by atoms with Crippen LogP contribution in [0.15, 0.2) is 0 Å². The molecule has 0 spiro atoms. The van der Waals surface area contributed by atoms with E-state index in [1.54, 1.807) is 0 Å². The highest BCUT2D eigenvalue weighted by Gasteiger charge is 2.43.